The van der Waals surface area contributed by atoms with Gasteiger partial charge in [-0.1, -0.05) is 17.7 Å². The lowest BCUT2D eigenvalue weighted by Gasteiger charge is -2.11. The number of nitriles is 1. The zero-order chi connectivity index (χ0) is 13.0. The summed E-state index contributed by atoms with van der Waals surface area (Å²) in [4.78, 5) is 1.11. The molecular formula is C13H11ClN2OS. The van der Waals surface area contributed by atoms with Gasteiger partial charge in [-0.15, -0.1) is 11.3 Å². The van der Waals surface area contributed by atoms with Crippen LogP contribution >= 0.6 is 22.9 Å². The number of hydrogen-bond acceptors (Lipinski definition) is 4. The minimum atomic E-state index is 0.567. The van der Waals surface area contributed by atoms with E-state index in [1.165, 1.54) is 11.3 Å². The standard InChI is InChI=1S/C13H11ClN2OS/c1-17-11-4-2-3-9(7-15)13(11)16-8-10-5-6-12(14)18-10/h2-6,16H,8H2,1H3. The number of ether oxygens (including phenoxy) is 1. The molecule has 2 aromatic rings. The fourth-order valence-electron chi connectivity index (χ4n) is 1.60. The molecule has 5 heteroatoms. The lowest BCUT2D eigenvalue weighted by atomic mass is 10.2. The summed E-state index contributed by atoms with van der Waals surface area (Å²) in [6.45, 7) is 0.617. The topological polar surface area (TPSA) is 45.0 Å². The highest BCUT2D eigenvalue weighted by atomic mass is 35.5. The van der Waals surface area contributed by atoms with Crippen LogP contribution in [0.1, 0.15) is 10.4 Å². The van der Waals surface area contributed by atoms with Crippen molar-refractivity contribution in [2.75, 3.05) is 12.4 Å². The van der Waals surface area contributed by atoms with Crippen molar-refractivity contribution in [2.24, 2.45) is 0 Å². The lowest BCUT2D eigenvalue weighted by Crippen LogP contribution is -2.02. The Morgan fingerprint density at radius 1 is 1.39 bits per heavy atom. The molecule has 0 aliphatic heterocycles. The zero-order valence-corrected chi connectivity index (χ0v) is 11.3. The van der Waals surface area contributed by atoms with Gasteiger partial charge in [0.05, 0.1) is 22.7 Å². The van der Waals surface area contributed by atoms with E-state index in [-0.39, 0.29) is 0 Å². The molecule has 0 spiro atoms. The maximum Gasteiger partial charge on any atom is 0.143 e. The minimum Gasteiger partial charge on any atom is -0.495 e. The van der Waals surface area contributed by atoms with E-state index in [4.69, 9.17) is 21.6 Å². The molecule has 1 aromatic heterocycles. The van der Waals surface area contributed by atoms with Gasteiger partial charge >= 0.3 is 0 Å². The lowest BCUT2D eigenvalue weighted by molar-refractivity contribution is 0.416. The number of rotatable bonds is 4. The molecule has 0 unspecified atom stereocenters. The molecule has 0 bridgehead atoms. The first-order chi connectivity index (χ1) is 8.74. The SMILES string of the molecule is COc1cccc(C#N)c1NCc1ccc(Cl)s1. The number of hydrogen-bond donors (Lipinski definition) is 1. The summed E-state index contributed by atoms with van der Waals surface area (Å²) in [6.07, 6.45) is 0. The Kier molecular flexibility index (Phi) is 4.08. The van der Waals surface area contributed by atoms with E-state index in [0.29, 0.717) is 23.5 Å². The average molecular weight is 279 g/mol. The summed E-state index contributed by atoms with van der Waals surface area (Å²) in [6, 6.07) is 11.3. The van der Waals surface area contributed by atoms with E-state index in [2.05, 4.69) is 11.4 Å². The van der Waals surface area contributed by atoms with Crippen molar-refractivity contribution < 1.29 is 4.74 Å². The molecule has 0 radical (unpaired) electrons. The average Bonchev–Trinajstić information content (AvgIpc) is 2.81. The van der Waals surface area contributed by atoms with Crippen LogP contribution in [0, 0.1) is 11.3 Å². The summed E-state index contributed by atoms with van der Waals surface area (Å²) in [5.74, 6) is 0.664. The third kappa shape index (κ3) is 2.76. The summed E-state index contributed by atoms with van der Waals surface area (Å²) in [7, 11) is 1.59. The first-order valence-electron chi connectivity index (χ1n) is 5.30. The van der Waals surface area contributed by atoms with Crippen molar-refractivity contribution >= 4 is 28.6 Å². The third-order valence-electron chi connectivity index (χ3n) is 2.43. The minimum absolute atomic E-state index is 0.567. The molecule has 1 aromatic carbocycles. The summed E-state index contributed by atoms with van der Waals surface area (Å²) in [5.41, 5.74) is 1.28. The molecule has 0 fully saturated rings. The Morgan fingerprint density at radius 2 is 2.22 bits per heavy atom. The van der Waals surface area contributed by atoms with Crippen molar-refractivity contribution in [1.29, 1.82) is 5.26 Å². The van der Waals surface area contributed by atoms with Gasteiger partial charge in [0.1, 0.15) is 11.8 Å². The molecule has 18 heavy (non-hydrogen) atoms. The first kappa shape index (κ1) is 12.7. The van der Waals surface area contributed by atoms with Gasteiger partial charge in [-0.2, -0.15) is 5.26 Å². The van der Waals surface area contributed by atoms with Crippen molar-refractivity contribution in [3.05, 3.63) is 45.1 Å². The number of anilines is 1. The number of nitrogens with zero attached hydrogens (tertiary/aromatic N) is 1. The Balaban J connectivity index is 2.20. The number of halogens is 1. The molecule has 0 aliphatic carbocycles. The predicted octanol–water partition coefficient (Wildman–Crippen LogP) is 3.89. The Labute approximate surface area is 115 Å². The molecule has 3 nitrogen and oxygen atoms in total. The molecule has 0 aliphatic rings. The highest BCUT2D eigenvalue weighted by Crippen LogP contribution is 2.29. The van der Waals surface area contributed by atoms with Gasteiger partial charge in [-0.05, 0) is 24.3 Å². The number of thiophene rings is 1. The van der Waals surface area contributed by atoms with Crippen LogP contribution in [-0.4, -0.2) is 7.11 Å². The van der Waals surface area contributed by atoms with Crippen LogP contribution < -0.4 is 10.1 Å². The summed E-state index contributed by atoms with van der Waals surface area (Å²) in [5, 5.41) is 12.3. The number of methoxy groups -OCH3 is 1. The van der Waals surface area contributed by atoms with Crippen LogP contribution in [-0.2, 0) is 6.54 Å². The zero-order valence-electron chi connectivity index (χ0n) is 9.74. The highest BCUT2D eigenvalue weighted by molar-refractivity contribution is 7.16. The van der Waals surface area contributed by atoms with Crippen LogP contribution in [0.5, 0.6) is 5.75 Å². The molecule has 0 saturated carbocycles. The predicted molar refractivity (Wildman–Crippen MR) is 74.4 cm³/mol. The van der Waals surface area contributed by atoms with Crippen LogP contribution in [0.4, 0.5) is 5.69 Å². The van der Waals surface area contributed by atoms with Crippen molar-refractivity contribution in [1.82, 2.24) is 0 Å². The normalized spacial score (nSPS) is 9.83. The van der Waals surface area contributed by atoms with Gasteiger partial charge in [0, 0.05) is 11.4 Å². The first-order valence-corrected chi connectivity index (χ1v) is 6.49. The second kappa shape index (κ2) is 5.76. The highest BCUT2D eigenvalue weighted by Gasteiger charge is 2.08. The van der Waals surface area contributed by atoms with Crippen LogP contribution in [0.2, 0.25) is 4.34 Å². The van der Waals surface area contributed by atoms with Crippen LogP contribution in [0.15, 0.2) is 30.3 Å². The third-order valence-corrected chi connectivity index (χ3v) is 3.67. The molecule has 92 valence electrons. The molecular weight excluding hydrogens is 268 g/mol. The number of para-hydroxylation sites is 1. The molecule has 1 N–H and O–H groups in total. The van der Waals surface area contributed by atoms with Gasteiger partial charge in [0.25, 0.3) is 0 Å². The number of benzene rings is 1. The Bertz CT molecular complexity index is 589. The van der Waals surface area contributed by atoms with E-state index < -0.39 is 0 Å². The van der Waals surface area contributed by atoms with E-state index in [1.54, 1.807) is 19.2 Å². The Morgan fingerprint density at radius 3 is 2.83 bits per heavy atom. The van der Waals surface area contributed by atoms with Crippen LogP contribution in [0.25, 0.3) is 0 Å². The molecule has 2 rings (SSSR count). The monoisotopic (exact) mass is 278 g/mol. The maximum atomic E-state index is 9.08. The molecule has 0 atom stereocenters. The molecule has 0 saturated heterocycles. The largest absolute Gasteiger partial charge is 0.495 e. The van der Waals surface area contributed by atoms with E-state index >= 15 is 0 Å². The smallest absolute Gasteiger partial charge is 0.143 e. The number of nitrogens with one attached hydrogen (secondary N) is 1. The van der Waals surface area contributed by atoms with Crippen molar-refractivity contribution in [3.8, 4) is 11.8 Å². The van der Waals surface area contributed by atoms with Crippen molar-refractivity contribution in [3.63, 3.8) is 0 Å². The van der Waals surface area contributed by atoms with Gasteiger partial charge in [-0.3, -0.25) is 0 Å². The van der Waals surface area contributed by atoms with Gasteiger partial charge in [0.15, 0.2) is 0 Å². The second-order valence-corrected chi connectivity index (χ2v) is 5.35. The van der Waals surface area contributed by atoms with E-state index in [9.17, 15) is 0 Å². The van der Waals surface area contributed by atoms with Gasteiger partial charge < -0.3 is 10.1 Å². The van der Waals surface area contributed by atoms with Gasteiger partial charge in [-0.25, -0.2) is 0 Å². The second-order valence-electron chi connectivity index (χ2n) is 3.55. The summed E-state index contributed by atoms with van der Waals surface area (Å²) < 4.78 is 6.00. The summed E-state index contributed by atoms with van der Waals surface area (Å²) >= 11 is 7.39. The molecule has 1 heterocycles. The Hall–Kier alpha value is -1.70. The van der Waals surface area contributed by atoms with E-state index in [1.807, 2.05) is 18.2 Å². The maximum absolute atomic E-state index is 9.08. The quantitative estimate of drug-likeness (QED) is 0.923. The fourth-order valence-corrected chi connectivity index (χ4v) is 2.63. The van der Waals surface area contributed by atoms with E-state index in [0.717, 1.165) is 9.21 Å². The van der Waals surface area contributed by atoms with Gasteiger partial charge in [0.2, 0.25) is 0 Å². The fraction of sp³-hybridized carbons (Fsp3) is 0.154. The van der Waals surface area contributed by atoms with Crippen molar-refractivity contribution in [2.45, 2.75) is 6.54 Å². The molecule has 0 amide bonds. The van der Waals surface area contributed by atoms with Crippen LogP contribution in [0.3, 0.4) is 0 Å².